The average molecular weight is 382 g/mol. The summed E-state index contributed by atoms with van der Waals surface area (Å²) in [5.74, 6) is 1.15. The minimum Gasteiger partial charge on any atom is -0.497 e. The number of hydrogen-bond donors (Lipinski definition) is 2. The fourth-order valence-electron chi connectivity index (χ4n) is 2.52. The molecular weight excluding hydrogens is 363 g/mol. The van der Waals surface area contributed by atoms with Crippen LogP contribution in [0.3, 0.4) is 0 Å². The molecule has 1 amide bonds. The van der Waals surface area contributed by atoms with Gasteiger partial charge >= 0.3 is 0 Å². The third-order valence-corrected chi connectivity index (χ3v) is 3.84. The first-order chi connectivity index (χ1) is 13.5. The Labute approximate surface area is 161 Å². The van der Waals surface area contributed by atoms with Gasteiger partial charge in [0.1, 0.15) is 34.7 Å². The summed E-state index contributed by atoms with van der Waals surface area (Å²) in [5, 5.41) is 5.80. The van der Waals surface area contributed by atoms with Crippen LogP contribution in [0.4, 0.5) is 21.6 Å². The second kappa shape index (κ2) is 8.34. The van der Waals surface area contributed by atoms with E-state index in [1.807, 2.05) is 0 Å². The number of anilines is 3. The maximum absolute atomic E-state index is 13.1. The highest BCUT2D eigenvalue weighted by atomic mass is 19.1. The van der Waals surface area contributed by atoms with Crippen molar-refractivity contribution in [2.75, 3.05) is 24.9 Å². The van der Waals surface area contributed by atoms with E-state index in [0.29, 0.717) is 34.5 Å². The molecule has 0 saturated heterocycles. The molecule has 144 valence electrons. The highest BCUT2D eigenvalue weighted by Crippen LogP contribution is 2.29. The van der Waals surface area contributed by atoms with Crippen molar-refractivity contribution in [3.05, 3.63) is 65.9 Å². The lowest BCUT2D eigenvalue weighted by molar-refractivity contribution is 0.102. The molecule has 0 radical (unpaired) electrons. The van der Waals surface area contributed by atoms with Crippen LogP contribution >= 0.6 is 0 Å². The summed E-state index contributed by atoms with van der Waals surface area (Å²) in [4.78, 5) is 21.1. The van der Waals surface area contributed by atoms with Crippen LogP contribution in [0.2, 0.25) is 0 Å². The van der Waals surface area contributed by atoms with E-state index in [0.717, 1.165) is 0 Å². The van der Waals surface area contributed by atoms with Gasteiger partial charge in [-0.05, 0) is 43.3 Å². The summed E-state index contributed by atoms with van der Waals surface area (Å²) < 4.78 is 23.5. The molecule has 0 atom stereocenters. The number of carbonyl (C=O) groups excluding carboxylic acids is 1. The maximum Gasteiger partial charge on any atom is 0.274 e. The lowest BCUT2D eigenvalue weighted by Crippen LogP contribution is -2.16. The Balaban J connectivity index is 1.82. The lowest BCUT2D eigenvalue weighted by atomic mass is 10.2. The van der Waals surface area contributed by atoms with Crippen LogP contribution in [-0.2, 0) is 0 Å². The molecule has 0 bridgehead atoms. The zero-order valence-electron chi connectivity index (χ0n) is 15.6. The van der Waals surface area contributed by atoms with Gasteiger partial charge in [0, 0.05) is 17.8 Å². The third kappa shape index (κ3) is 4.53. The molecule has 3 aromatic rings. The number of ether oxygens (including phenoxy) is 2. The summed E-state index contributed by atoms with van der Waals surface area (Å²) in [7, 11) is 3.05. The van der Waals surface area contributed by atoms with Crippen molar-refractivity contribution in [1.82, 2.24) is 9.97 Å². The van der Waals surface area contributed by atoms with Crippen LogP contribution in [0.25, 0.3) is 0 Å². The van der Waals surface area contributed by atoms with Gasteiger partial charge < -0.3 is 20.1 Å². The molecule has 0 saturated carbocycles. The number of aromatic nitrogens is 2. The summed E-state index contributed by atoms with van der Waals surface area (Å²) in [5.41, 5.74) is 1.30. The van der Waals surface area contributed by atoms with Gasteiger partial charge in [0.05, 0.1) is 19.9 Å². The maximum atomic E-state index is 13.1. The van der Waals surface area contributed by atoms with Gasteiger partial charge in [-0.3, -0.25) is 4.79 Å². The lowest BCUT2D eigenvalue weighted by Gasteiger charge is -2.12. The van der Waals surface area contributed by atoms with Crippen LogP contribution in [0.1, 0.15) is 16.3 Å². The molecule has 3 rings (SSSR count). The van der Waals surface area contributed by atoms with Crippen LogP contribution in [-0.4, -0.2) is 30.1 Å². The number of benzene rings is 2. The van der Waals surface area contributed by atoms with Crippen LogP contribution < -0.4 is 20.1 Å². The van der Waals surface area contributed by atoms with Crippen molar-refractivity contribution < 1.29 is 18.7 Å². The SMILES string of the molecule is COc1ccc(NC(=O)c2cc(Nc3ccc(F)cc3)nc(C)n2)c(OC)c1. The van der Waals surface area contributed by atoms with Crippen molar-refractivity contribution in [3.63, 3.8) is 0 Å². The summed E-state index contributed by atoms with van der Waals surface area (Å²) in [6, 6.07) is 12.4. The summed E-state index contributed by atoms with van der Waals surface area (Å²) >= 11 is 0. The number of nitrogens with one attached hydrogen (secondary N) is 2. The fraction of sp³-hybridized carbons (Fsp3) is 0.150. The average Bonchev–Trinajstić information content (AvgIpc) is 2.69. The molecule has 0 spiro atoms. The molecule has 7 nitrogen and oxygen atoms in total. The summed E-state index contributed by atoms with van der Waals surface area (Å²) in [6.07, 6.45) is 0. The van der Waals surface area contributed by atoms with E-state index in [1.54, 1.807) is 44.4 Å². The van der Waals surface area contributed by atoms with Crippen molar-refractivity contribution >= 4 is 23.1 Å². The van der Waals surface area contributed by atoms with Gasteiger partial charge in [-0.15, -0.1) is 0 Å². The number of methoxy groups -OCH3 is 2. The second-order valence-electron chi connectivity index (χ2n) is 5.84. The zero-order chi connectivity index (χ0) is 20.1. The Morgan fingerprint density at radius 3 is 2.43 bits per heavy atom. The monoisotopic (exact) mass is 382 g/mol. The first kappa shape index (κ1) is 19.1. The molecule has 28 heavy (non-hydrogen) atoms. The number of nitrogens with zero attached hydrogens (tertiary/aromatic N) is 2. The molecule has 0 fully saturated rings. The number of halogens is 1. The van der Waals surface area contributed by atoms with Crippen LogP contribution in [0.5, 0.6) is 11.5 Å². The highest BCUT2D eigenvalue weighted by Gasteiger charge is 2.14. The van der Waals surface area contributed by atoms with Crippen LogP contribution in [0.15, 0.2) is 48.5 Å². The standard InChI is InChI=1S/C20H19FN4O3/c1-12-22-17(11-19(23-12)24-14-6-4-13(21)5-7-14)20(26)25-16-9-8-15(27-2)10-18(16)28-3/h4-11H,1-3H3,(H,25,26)(H,22,23,24). The Hall–Kier alpha value is -3.68. The van der Waals surface area contributed by atoms with Gasteiger partial charge in [0.2, 0.25) is 0 Å². The van der Waals surface area contributed by atoms with E-state index < -0.39 is 5.91 Å². The van der Waals surface area contributed by atoms with Crippen molar-refractivity contribution in [3.8, 4) is 11.5 Å². The number of aryl methyl sites for hydroxylation is 1. The quantitative estimate of drug-likeness (QED) is 0.672. The molecule has 0 unspecified atom stereocenters. The Bertz CT molecular complexity index is 993. The van der Waals surface area contributed by atoms with E-state index in [9.17, 15) is 9.18 Å². The molecule has 1 heterocycles. The Kier molecular flexibility index (Phi) is 5.69. The zero-order valence-corrected chi connectivity index (χ0v) is 15.6. The van der Waals surface area contributed by atoms with Gasteiger partial charge in [-0.2, -0.15) is 0 Å². The number of rotatable bonds is 6. The van der Waals surface area contributed by atoms with Crippen molar-refractivity contribution in [2.45, 2.75) is 6.92 Å². The number of amides is 1. The van der Waals surface area contributed by atoms with E-state index in [1.165, 1.54) is 25.3 Å². The molecule has 8 heteroatoms. The molecule has 2 aromatic carbocycles. The number of hydrogen-bond acceptors (Lipinski definition) is 6. The Morgan fingerprint density at radius 2 is 1.75 bits per heavy atom. The predicted octanol–water partition coefficient (Wildman–Crippen LogP) is 3.94. The second-order valence-corrected chi connectivity index (χ2v) is 5.84. The molecule has 0 aliphatic rings. The molecule has 2 N–H and O–H groups in total. The van der Waals surface area contributed by atoms with Gasteiger partial charge in [0.25, 0.3) is 5.91 Å². The van der Waals surface area contributed by atoms with Crippen molar-refractivity contribution in [2.24, 2.45) is 0 Å². The molecule has 1 aromatic heterocycles. The third-order valence-electron chi connectivity index (χ3n) is 3.84. The van der Waals surface area contributed by atoms with E-state index in [4.69, 9.17) is 9.47 Å². The van der Waals surface area contributed by atoms with Gasteiger partial charge in [-0.25, -0.2) is 14.4 Å². The van der Waals surface area contributed by atoms with E-state index >= 15 is 0 Å². The molecule has 0 aliphatic heterocycles. The number of carbonyl (C=O) groups is 1. The van der Waals surface area contributed by atoms with E-state index in [-0.39, 0.29) is 11.5 Å². The smallest absolute Gasteiger partial charge is 0.274 e. The minimum absolute atomic E-state index is 0.176. The fourth-order valence-corrected chi connectivity index (χ4v) is 2.52. The Morgan fingerprint density at radius 1 is 1.00 bits per heavy atom. The summed E-state index contributed by atoms with van der Waals surface area (Å²) in [6.45, 7) is 1.68. The van der Waals surface area contributed by atoms with Crippen LogP contribution in [0, 0.1) is 12.7 Å². The minimum atomic E-state index is -0.420. The van der Waals surface area contributed by atoms with E-state index in [2.05, 4.69) is 20.6 Å². The van der Waals surface area contributed by atoms with Gasteiger partial charge in [-0.1, -0.05) is 0 Å². The topological polar surface area (TPSA) is 85.4 Å². The molecule has 0 aliphatic carbocycles. The first-order valence-electron chi connectivity index (χ1n) is 8.40. The van der Waals surface area contributed by atoms with Gasteiger partial charge in [0.15, 0.2) is 0 Å². The predicted molar refractivity (Wildman–Crippen MR) is 104 cm³/mol. The normalized spacial score (nSPS) is 10.3. The highest BCUT2D eigenvalue weighted by molar-refractivity contribution is 6.04. The first-order valence-corrected chi connectivity index (χ1v) is 8.40. The molecular formula is C20H19FN4O3. The largest absolute Gasteiger partial charge is 0.497 e. The van der Waals surface area contributed by atoms with Crippen molar-refractivity contribution in [1.29, 1.82) is 0 Å².